The van der Waals surface area contributed by atoms with Gasteiger partial charge in [-0.25, -0.2) is 4.98 Å². The summed E-state index contributed by atoms with van der Waals surface area (Å²) in [5.74, 6) is 1.36. The summed E-state index contributed by atoms with van der Waals surface area (Å²) in [6.07, 6.45) is 1.75. The summed E-state index contributed by atoms with van der Waals surface area (Å²) in [6, 6.07) is 20.4. The van der Waals surface area contributed by atoms with Crippen molar-refractivity contribution in [3.8, 4) is 22.8 Å². The molecule has 33 heavy (non-hydrogen) atoms. The van der Waals surface area contributed by atoms with Crippen molar-refractivity contribution in [3.63, 3.8) is 0 Å². The van der Waals surface area contributed by atoms with Gasteiger partial charge in [0.05, 0.1) is 19.0 Å². The van der Waals surface area contributed by atoms with Crippen LogP contribution < -0.4 is 14.9 Å². The van der Waals surface area contributed by atoms with E-state index in [1.54, 1.807) is 13.3 Å². The Hall–Kier alpha value is -3.64. The van der Waals surface area contributed by atoms with E-state index in [9.17, 15) is 0 Å². The second-order valence-electron chi connectivity index (χ2n) is 7.89. The summed E-state index contributed by atoms with van der Waals surface area (Å²) < 4.78 is 11.5. The van der Waals surface area contributed by atoms with Crippen molar-refractivity contribution in [2.24, 2.45) is 5.10 Å². The van der Waals surface area contributed by atoms with Crippen LogP contribution in [0, 0.1) is 20.8 Å². The number of rotatable bonds is 8. The molecule has 5 nitrogen and oxygen atoms in total. The molecule has 0 bridgehead atoms. The minimum atomic E-state index is 0.468. The lowest BCUT2D eigenvalue weighted by atomic mass is 10.1. The highest BCUT2D eigenvalue weighted by Crippen LogP contribution is 2.29. The maximum absolute atomic E-state index is 6.01. The highest BCUT2D eigenvalue weighted by atomic mass is 32.1. The molecule has 0 amide bonds. The van der Waals surface area contributed by atoms with Crippen molar-refractivity contribution < 1.29 is 9.47 Å². The van der Waals surface area contributed by atoms with Crippen molar-refractivity contribution in [1.82, 2.24) is 4.98 Å². The Labute approximate surface area is 198 Å². The van der Waals surface area contributed by atoms with Gasteiger partial charge in [0.2, 0.25) is 5.13 Å². The average Bonchev–Trinajstić information content (AvgIpc) is 3.29. The first kappa shape index (κ1) is 22.6. The molecule has 6 heteroatoms. The number of anilines is 1. The number of nitrogens with one attached hydrogen (secondary N) is 1. The van der Waals surface area contributed by atoms with E-state index in [0.29, 0.717) is 18.1 Å². The zero-order chi connectivity index (χ0) is 23.2. The van der Waals surface area contributed by atoms with E-state index in [2.05, 4.69) is 78.7 Å². The number of aryl methyl sites for hydroxylation is 3. The normalized spacial score (nSPS) is 11.0. The van der Waals surface area contributed by atoms with Gasteiger partial charge in [-0.1, -0.05) is 42.0 Å². The van der Waals surface area contributed by atoms with Gasteiger partial charge in [0.15, 0.2) is 11.5 Å². The van der Waals surface area contributed by atoms with E-state index < -0.39 is 0 Å². The molecule has 0 radical (unpaired) electrons. The summed E-state index contributed by atoms with van der Waals surface area (Å²) in [6.45, 7) is 6.76. The zero-order valence-corrected chi connectivity index (χ0v) is 20.1. The molecule has 0 spiro atoms. The van der Waals surface area contributed by atoms with E-state index in [1.165, 1.54) is 28.0 Å². The molecule has 0 unspecified atom stereocenters. The molecule has 4 rings (SSSR count). The molecule has 3 aromatic carbocycles. The van der Waals surface area contributed by atoms with Crippen LogP contribution in [0.15, 0.2) is 71.1 Å². The SMILES string of the molecule is COc1ccc(/C=N\Nc2nc(-c3ccc(C)c(C)c3)cs2)cc1OCc1ccc(C)cc1. The van der Waals surface area contributed by atoms with E-state index >= 15 is 0 Å². The fourth-order valence-corrected chi connectivity index (χ4v) is 3.92. The van der Waals surface area contributed by atoms with Gasteiger partial charge in [0, 0.05) is 10.9 Å². The number of hydrogen-bond donors (Lipinski definition) is 1. The molecule has 1 aromatic heterocycles. The number of thiazole rings is 1. The van der Waals surface area contributed by atoms with Crippen LogP contribution in [0.25, 0.3) is 11.3 Å². The van der Waals surface area contributed by atoms with Gasteiger partial charge in [-0.05, 0) is 67.3 Å². The highest BCUT2D eigenvalue weighted by molar-refractivity contribution is 7.14. The van der Waals surface area contributed by atoms with E-state index in [4.69, 9.17) is 9.47 Å². The molecular weight excluding hydrogens is 430 g/mol. The molecule has 0 saturated heterocycles. The second-order valence-corrected chi connectivity index (χ2v) is 8.75. The predicted octanol–water partition coefficient (Wildman–Crippen LogP) is 6.77. The first-order valence-corrected chi connectivity index (χ1v) is 11.6. The topological polar surface area (TPSA) is 55.7 Å². The van der Waals surface area contributed by atoms with E-state index in [1.807, 2.05) is 23.6 Å². The number of ether oxygens (including phenoxy) is 2. The maximum Gasteiger partial charge on any atom is 0.203 e. The first-order chi connectivity index (χ1) is 16.0. The maximum atomic E-state index is 6.01. The van der Waals surface area contributed by atoms with Crippen molar-refractivity contribution in [1.29, 1.82) is 0 Å². The molecular formula is C27H27N3O2S. The molecule has 1 heterocycles. The van der Waals surface area contributed by atoms with Crippen LogP contribution in [0.4, 0.5) is 5.13 Å². The molecule has 0 aliphatic heterocycles. The Morgan fingerprint density at radius 3 is 2.52 bits per heavy atom. The molecule has 0 atom stereocenters. The smallest absolute Gasteiger partial charge is 0.203 e. The summed E-state index contributed by atoms with van der Waals surface area (Å²) >= 11 is 1.52. The number of hydrazone groups is 1. The van der Waals surface area contributed by atoms with Crippen molar-refractivity contribution in [2.75, 3.05) is 12.5 Å². The molecule has 0 saturated carbocycles. The fraction of sp³-hybridized carbons (Fsp3) is 0.185. The van der Waals surface area contributed by atoms with E-state index in [-0.39, 0.29) is 0 Å². The van der Waals surface area contributed by atoms with Gasteiger partial charge in [-0.2, -0.15) is 5.10 Å². The van der Waals surface area contributed by atoms with Gasteiger partial charge in [-0.15, -0.1) is 11.3 Å². The minimum absolute atomic E-state index is 0.468. The van der Waals surface area contributed by atoms with Crippen LogP contribution in [0.5, 0.6) is 11.5 Å². The number of methoxy groups -OCH3 is 1. The van der Waals surface area contributed by atoms with Gasteiger partial charge in [0.25, 0.3) is 0 Å². The number of aromatic nitrogens is 1. The monoisotopic (exact) mass is 457 g/mol. The zero-order valence-electron chi connectivity index (χ0n) is 19.3. The molecule has 4 aromatic rings. The van der Waals surface area contributed by atoms with Crippen LogP contribution in [0.1, 0.15) is 27.8 Å². The molecule has 0 aliphatic rings. The third-order valence-corrected chi connectivity index (χ3v) is 6.13. The number of hydrogen-bond acceptors (Lipinski definition) is 6. The van der Waals surface area contributed by atoms with Gasteiger partial charge >= 0.3 is 0 Å². The molecule has 0 fully saturated rings. The van der Waals surface area contributed by atoms with Gasteiger partial charge < -0.3 is 9.47 Å². The largest absolute Gasteiger partial charge is 0.493 e. The summed E-state index contributed by atoms with van der Waals surface area (Å²) in [7, 11) is 1.64. The second kappa shape index (κ2) is 10.3. The lowest BCUT2D eigenvalue weighted by Crippen LogP contribution is -1.99. The van der Waals surface area contributed by atoms with Crippen LogP contribution in [0.2, 0.25) is 0 Å². The Morgan fingerprint density at radius 2 is 1.76 bits per heavy atom. The van der Waals surface area contributed by atoms with Gasteiger partial charge in [-0.3, -0.25) is 5.43 Å². The highest BCUT2D eigenvalue weighted by Gasteiger charge is 2.07. The third kappa shape index (κ3) is 5.79. The van der Waals surface area contributed by atoms with Crippen molar-refractivity contribution in [3.05, 3.63) is 93.9 Å². The fourth-order valence-electron chi connectivity index (χ4n) is 3.25. The Balaban J connectivity index is 1.41. The van der Waals surface area contributed by atoms with Crippen LogP contribution in [0.3, 0.4) is 0 Å². The summed E-state index contributed by atoms with van der Waals surface area (Å²) in [4.78, 5) is 4.65. The standard InChI is InChI=1S/C27H27N3O2S/c1-18-5-8-21(9-6-18)16-32-26-14-22(10-12-25(26)31-4)15-28-30-27-29-24(17-33-27)23-11-7-19(2)20(3)13-23/h5-15,17H,16H2,1-4H3,(H,29,30)/b28-15-. The Morgan fingerprint density at radius 1 is 0.939 bits per heavy atom. The van der Waals surface area contributed by atoms with Crippen molar-refractivity contribution in [2.45, 2.75) is 27.4 Å². The van der Waals surface area contributed by atoms with Crippen LogP contribution >= 0.6 is 11.3 Å². The lowest BCUT2D eigenvalue weighted by Gasteiger charge is -2.11. The van der Waals surface area contributed by atoms with Crippen LogP contribution in [-0.4, -0.2) is 18.3 Å². The summed E-state index contributed by atoms with van der Waals surface area (Å²) in [5.41, 5.74) is 10.8. The number of benzene rings is 3. The minimum Gasteiger partial charge on any atom is -0.493 e. The average molecular weight is 458 g/mol. The number of nitrogens with zero attached hydrogens (tertiary/aromatic N) is 2. The van der Waals surface area contributed by atoms with Gasteiger partial charge in [0.1, 0.15) is 6.61 Å². The third-order valence-electron chi connectivity index (χ3n) is 5.38. The van der Waals surface area contributed by atoms with E-state index in [0.717, 1.165) is 27.5 Å². The van der Waals surface area contributed by atoms with Crippen molar-refractivity contribution >= 4 is 22.7 Å². The predicted molar refractivity (Wildman–Crippen MR) is 137 cm³/mol. The Kier molecular flexibility index (Phi) is 7.05. The quantitative estimate of drug-likeness (QED) is 0.234. The first-order valence-electron chi connectivity index (χ1n) is 10.7. The van der Waals surface area contributed by atoms with Crippen LogP contribution in [-0.2, 0) is 6.61 Å². The lowest BCUT2D eigenvalue weighted by molar-refractivity contribution is 0.284. The Bertz CT molecular complexity index is 1260. The summed E-state index contributed by atoms with van der Waals surface area (Å²) in [5, 5.41) is 7.13. The molecule has 168 valence electrons. The molecule has 0 aliphatic carbocycles. The molecule has 1 N–H and O–H groups in total.